The Morgan fingerprint density at radius 1 is 1.23 bits per heavy atom. The van der Waals surface area contributed by atoms with E-state index in [2.05, 4.69) is 22.4 Å². The van der Waals surface area contributed by atoms with Gasteiger partial charge in [0.1, 0.15) is 5.82 Å². The quantitative estimate of drug-likeness (QED) is 0.910. The number of nitrogens with zero attached hydrogens (tertiary/aromatic N) is 3. The predicted octanol–water partition coefficient (Wildman–Crippen LogP) is 2.69. The number of anilines is 1. The van der Waals surface area contributed by atoms with Gasteiger partial charge in [0, 0.05) is 19.6 Å². The van der Waals surface area contributed by atoms with Crippen molar-refractivity contribution in [1.82, 2.24) is 15.1 Å². The van der Waals surface area contributed by atoms with E-state index in [1.807, 2.05) is 23.1 Å². The normalized spacial score (nSPS) is 18.7. The Labute approximate surface area is 152 Å². The summed E-state index contributed by atoms with van der Waals surface area (Å²) < 4.78 is 10.7. The average Bonchev–Trinajstić information content (AvgIpc) is 3.14. The molecule has 7 heteroatoms. The van der Waals surface area contributed by atoms with E-state index in [1.54, 1.807) is 12.1 Å². The van der Waals surface area contributed by atoms with Crippen LogP contribution < -0.4 is 14.8 Å². The van der Waals surface area contributed by atoms with Gasteiger partial charge >= 0.3 is 0 Å². The van der Waals surface area contributed by atoms with E-state index >= 15 is 0 Å². The highest BCUT2D eigenvalue weighted by atomic mass is 16.7. The van der Waals surface area contributed by atoms with Gasteiger partial charge in [0.05, 0.1) is 0 Å². The first-order valence-electron chi connectivity index (χ1n) is 8.94. The standard InChI is InChI=1S/C19H22N4O3/c1-13-3-2-8-23(11-13)19(24)15-5-7-18(22-21-15)20-10-14-4-6-16-17(9-14)26-12-25-16/h4-7,9,13H,2-3,8,10-12H2,1H3,(H,20,22). The number of hydrogen-bond donors (Lipinski definition) is 1. The van der Waals surface area contributed by atoms with Crippen LogP contribution in [0, 0.1) is 5.92 Å². The molecule has 2 aliphatic rings. The molecule has 2 aliphatic heterocycles. The lowest BCUT2D eigenvalue weighted by Crippen LogP contribution is -2.39. The molecule has 1 atom stereocenters. The van der Waals surface area contributed by atoms with Crippen LogP contribution in [0.4, 0.5) is 5.82 Å². The number of carbonyl (C=O) groups is 1. The van der Waals surface area contributed by atoms with Gasteiger partial charge in [-0.1, -0.05) is 13.0 Å². The molecule has 1 N–H and O–H groups in total. The molecule has 1 saturated heterocycles. The minimum Gasteiger partial charge on any atom is -0.454 e. The van der Waals surface area contributed by atoms with E-state index in [1.165, 1.54) is 6.42 Å². The van der Waals surface area contributed by atoms with Crippen molar-refractivity contribution in [3.63, 3.8) is 0 Å². The summed E-state index contributed by atoms with van der Waals surface area (Å²) in [4.78, 5) is 14.4. The number of likely N-dealkylation sites (tertiary alicyclic amines) is 1. The van der Waals surface area contributed by atoms with E-state index in [-0.39, 0.29) is 12.7 Å². The number of ether oxygens (including phenoxy) is 2. The van der Waals surface area contributed by atoms with Crippen molar-refractivity contribution >= 4 is 11.7 Å². The fraction of sp³-hybridized carbons (Fsp3) is 0.421. The number of benzene rings is 1. The summed E-state index contributed by atoms with van der Waals surface area (Å²) in [7, 11) is 0. The topological polar surface area (TPSA) is 76.6 Å². The van der Waals surface area contributed by atoms with Crippen molar-refractivity contribution in [2.45, 2.75) is 26.3 Å². The van der Waals surface area contributed by atoms with Crippen molar-refractivity contribution in [1.29, 1.82) is 0 Å². The summed E-state index contributed by atoms with van der Waals surface area (Å²) in [6.07, 6.45) is 2.23. The number of nitrogens with one attached hydrogen (secondary N) is 1. The zero-order valence-corrected chi connectivity index (χ0v) is 14.8. The second kappa shape index (κ2) is 7.19. The van der Waals surface area contributed by atoms with Crippen LogP contribution in [-0.4, -0.2) is 40.9 Å². The van der Waals surface area contributed by atoms with E-state index in [0.29, 0.717) is 24.0 Å². The lowest BCUT2D eigenvalue weighted by atomic mass is 10.00. The van der Waals surface area contributed by atoms with Gasteiger partial charge in [-0.25, -0.2) is 0 Å². The SMILES string of the molecule is CC1CCCN(C(=O)c2ccc(NCc3ccc4c(c3)OCO4)nn2)C1. The summed E-state index contributed by atoms with van der Waals surface area (Å²) in [5.74, 6) is 2.66. The highest BCUT2D eigenvalue weighted by molar-refractivity contribution is 5.92. The number of amides is 1. The van der Waals surface area contributed by atoms with Crippen LogP contribution in [0.25, 0.3) is 0 Å². The molecular weight excluding hydrogens is 332 g/mol. The summed E-state index contributed by atoms with van der Waals surface area (Å²) in [5, 5.41) is 11.4. The van der Waals surface area contributed by atoms with E-state index < -0.39 is 0 Å². The molecule has 0 bridgehead atoms. The molecule has 0 radical (unpaired) electrons. The zero-order chi connectivity index (χ0) is 17.9. The van der Waals surface area contributed by atoms with Crippen LogP contribution in [0.1, 0.15) is 35.8 Å². The van der Waals surface area contributed by atoms with Crippen molar-refractivity contribution in [2.24, 2.45) is 5.92 Å². The first-order valence-corrected chi connectivity index (χ1v) is 8.94. The van der Waals surface area contributed by atoms with Crippen molar-refractivity contribution in [2.75, 3.05) is 25.2 Å². The van der Waals surface area contributed by atoms with Gasteiger partial charge in [0.25, 0.3) is 5.91 Å². The largest absolute Gasteiger partial charge is 0.454 e. The Hall–Kier alpha value is -2.83. The Morgan fingerprint density at radius 3 is 2.92 bits per heavy atom. The van der Waals surface area contributed by atoms with Gasteiger partial charge in [-0.15, -0.1) is 10.2 Å². The van der Waals surface area contributed by atoms with Crippen LogP contribution in [0.2, 0.25) is 0 Å². The minimum atomic E-state index is -0.0358. The maximum absolute atomic E-state index is 12.5. The highest BCUT2D eigenvalue weighted by Gasteiger charge is 2.23. The third-order valence-electron chi connectivity index (χ3n) is 4.74. The van der Waals surface area contributed by atoms with Crippen LogP contribution >= 0.6 is 0 Å². The number of rotatable bonds is 4. The van der Waals surface area contributed by atoms with Crippen LogP contribution in [0.15, 0.2) is 30.3 Å². The van der Waals surface area contributed by atoms with Crippen molar-refractivity contribution < 1.29 is 14.3 Å². The van der Waals surface area contributed by atoms with Gasteiger partial charge < -0.3 is 19.7 Å². The fourth-order valence-corrected chi connectivity index (χ4v) is 3.32. The molecule has 0 spiro atoms. The Bertz CT molecular complexity index is 794. The number of fused-ring (bicyclic) bond motifs is 1. The Balaban J connectivity index is 1.36. The molecule has 1 fully saturated rings. The number of carbonyl (C=O) groups excluding carboxylic acids is 1. The third-order valence-corrected chi connectivity index (χ3v) is 4.74. The fourth-order valence-electron chi connectivity index (χ4n) is 3.32. The summed E-state index contributed by atoms with van der Waals surface area (Å²) in [6, 6.07) is 9.34. The summed E-state index contributed by atoms with van der Waals surface area (Å²) in [6.45, 7) is 4.62. The van der Waals surface area contributed by atoms with Gasteiger partial charge in [-0.2, -0.15) is 0 Å². The predicted molar refractivity (Wildman–Crippen MR) is 96.2 cm³/mol. The summed E-state index contributed by atoms with van der Waals surface area (Å²) >= 11 is 0. The maximum atomic E-state index is 12.5. The molecule has 26 heavy (non-hydrogen) atoms. The third kappa shape index (κ3) is 3.56. The van der Waals surface area contributed by atoms with Gasteiger partial charge in [-0.05, 0) is 48.6 Å². The second-order valence-electron chi connectivity index (χ2n) is 6.84. The number of aromatic nitrogens is 2. The highest BCUT2D eigenvalue weighted by Crippen LogP contribution is 2.32. The molecule has 7 nitrogen and oxygen atoms in total. The Morgan fingerprint density at radius 2 is 2.12 bits per heavy atom. The monoisotopic (exact) mass is 354 g/mol. The van der Waals surface area contributed by atoms with E-state index in [9.17, 15) is 4.79 Å². The summed E-state index contributed by atoms with van der Waals surface area (Å²) in [5.41, 5.74) is 1.45. The van der Waals surface area contributed by atoms with Gasteiger partial charge in [0.15, 0.2) is 17.2 Å². The van der Waals surface area contributed by atoms with Gasteiger partial charge in [-0.3, -0.25) is 4.79 Å². The molecule has 0 aliphatic carbocycles. The molecule has 0 saturated carbocycles. The zero-order valence-electron chi connectivity index (χ0n) is 14.8. The molecule has 1 aromatic heterocycles. The molecule has 1 amide bonds. The lowest BCUT2D eigenvalue weighted by Gasteiger charge is -2.30. The molecule has 2 aromatic rings. The maximum Gasteiger partial charge on any atom is 0.274 e. The van der Waals surface area contributed by atoms with Crippen LogP contribution in [0.5, 0.6) is 11.5 Å². The van der Waals surface area contributed by atoms with E-state index in [4.69, 9.17) is 9.47 Å². The van der Waals surface area contributed by atoms with Crippen molar-refractivity contribution in [3.05, 3.63) is 41.6 Å². The first kappa shape index (κ1) is 16.6. The van der Waals surface area contributed by atoms with E-state index in [0.717, 1.165) is 36.6 Å². The molecule has 4 rings (SSSR count). The van der Waals surface area contributed by atoms with Gasteiger partial charge in [0.2, 0.25) is 6.79 Å². The molecule has 3 heterocycles. The average molecular weight is 354 g/mol. The molecule has 136 valence electrons. The molecular formula is C19H22N4O3. The first-order chi connectivity index (χ1) is 12.7. The smallest absolute Gasteiger partial charge is 0.274 e. The lowest BCUT2D eigenvalue weighted by molar-refractivity contribution is 0.0676. The number of piperidine rings is 1. The van der Waals surface area contributed by atoms with Crippen LogP contribution in [-0.2, 0) is 6.54 Å². The Kier molecular flexibility index (Phi) is 4.60. The minimum absolute atomic E-state index is 0.0358. The number of hydrogen-bond acceptors (Lipinski definition) is 6. The molecule has 1 aromatic carbocycles. The molecule has 1 unspecified atom stereocenters. The van der Waals surface area contributed by atoms with Crippen molar-refractivity contribution in [3.8, 4) is 11.5 Å². The second-order valence-corrected chi connectivity index (χ2v) is 6.84. The van der Waals surface area contributed by atoms with Crippen LogP contribution in [0.3, 0.4) is 0 Å².